The van der Waals surface area contributed by atoms with Crippen LogP contribution in [0.25, 0.3) is 0 Å². The van der Waals surface area contributed by atoms with E-state index in [1.807, 2.05) is 20.8 Å². The topological polar surface area (TPSA) is 70.8 Å². The highest BCUT2D eigenvalue weighted by Crippen LogP contribution is 2.44. The monoisotopic (exact) mass is 253 g/mol. The second-order valence-electron chi connectivity index (χ2n) is 4.85. The number of ether oxygens (including phenoxy) is 3. The van der Waals surface area contributed by atoms with Crippen molar-refractivity contribution in [1.82, 2.24) is 0 Å². The van der Waals surface area contributed by atoms with Gasteiger partial charge >= 0.3 is 6.09 Å². The van der Waals surface area contributed by atoms with Crippen molar-refractivity contribution in [2.75, 3.05) is 14.2 Å². The molecule has 18 heavy (non-hydrogen) atoms. The number of carbonyl (C=O) groups excluding carboxylic acids is 1. The standard InChI is InChI=1S/C13H19NO4/c1-13(2,3)10-8(16-4)6-7-9(11(10)17-5)18-12(14)15/h6-7H,1-5H3,(H2,14,15). The largest absolute Gasteiger partial charge is 0.496 e. The van der Waals surface area contributed by atoms with Crippen LogP contribution in [0.1, 0.15) is 26.3 Å². The van der Waals surface area contributed by atoms with E-state index < -0.39 is 6.09 Å². The van der Waals surface area contributed by atoms with Crippen molar-refractivity contribution in [2.45, 2.75) is 26.2 Å². The third-order valence-electron chi connectivity index (χ3n) is 2.47. The molecule has 0 saturated heterocycles. The van der Waals surface area contributed by atoms with Crippen molar-refractivity contribution in [3.63, 3.8) is 0 Å². The van der Waals surface area contributed by atoms with Crippen LogP contribution >= 0.6 is 0 Å². The molecule has 0 radical (unpaired) electrons. The summed E-state index contributed by atoms with van der Waals surface area (Å²) in [6.07, 6.45) is -0.877. The van der Waals surface area contributed by atoms with Gasteiger partial charge in [-0.15, -0.1) is 0 Å². The van der Waals surface area contributed by atoms with Crippen molar-refractivity contribution in [3.8, 4) is 17.2 Å². The molecule has 0 aromatic heterocycles. The Morgan fingerprint density at radius 3 is 2.06 bits per heavy atom. The van der Waals surface area contributed by atoms with Gasteiger partial charge in [-0.3, -0.25) is 0 Å². The number of methoxy groups -OCH3 is 2. The Labute approximate surface area is 107 Å². The molecule has 0 aliphatic carbocycles. The molecule has 1 amide bonds. The Morgan fingerprint density at radius 2 is 1.67 bits per heavy atom. The van der Waals surface area contributed by atoms with Gasteiger partial charge in [0.25, 0.3) is 0 Å². The summed E-state index contributed by atoms with van der Waals surface area (Å²) in [6, 6.07) is 3.32. The zero-order chi connectivity index (χ0) is 13.9. The molecule has 1 aromatic carbocycles. The van der Waals surface area contributed by atoms with E-state index in [1.54, 1.807) is 19.2 Å². The highest BCUT2D eigenvalue weighted by molar-refractivity contribution is 5.70. The number of primary amides is 1. The van der Waals surface area contributed by atoms with Crippen molar-refractivity contribution in [1.29, 1.82) is 0 Å². The minimum absolute atomic E-state index is 0.228. The van der Waals surface area contributed by atoms with Crippen LogP contribution in [-0.4, -0.2) is 20.3 Å². The first kappa shape index (κ1) is 14.2. The van der Waals surface area contributed by atoms with Gasteiger partial charge in [-0.05, 0) is 17.5 Å². The minimum Gasteiger partial charge on any atom is -0.496 e. The molecule has 0 spiro atoms. The van der Waals surface area contributed by atoms with Crippen LogP contribution < -0.4 is 19.9 Å². The maximum absolute atomic E-state index is 10.9. The van der Waals surface area contributed by atoms with Gasteiger partial charge in [0, 0.05) is 5.56 Å². The fourth-order valence-corrected chi connectivity index (χ4v) is 1.82. The van der Waals surface area contributed by atoms with Crippen molar-refractivity contribution >= 4 is 6.09 Å². The Bertz CT molecular complexity index is 449. The molecule has 5 heteroatoms. The fourth-order valence-electron chi connectivity index (χ4n) is 1.82. The summed E-state index contributed by atoms with van der Waals surface area (Å²) in [5, 5.41) is 0. The number of amides is 1. The molecule has 5 nitrogen and oxygen atoms in total. The number of benzene rings is 1. The number of nitrogens with two attached hydrogens (primary N) is 1. The summed E-state index contributed by atoms with van der Waals surface area (Å²) in [7, 11) is 3.09. The highest BCUT2D eigenvalue weighted by atomic mass is 16.6. The van der Waals surface area contributed by atoms with Crippen LogP contribution in [-0.2, 0) is 5.41 Å². The van der Waals surface area contributed by atoms with Crippen LogP contribution in [0.15, 0.2) is 12.1 Å². The summed E-state index contributed by atoms with van der Waals surface area (Å²) < 4.78 is 15.6. The second-order valence-corrected chi connectivity index (χ2v) is 4.85. The van der Waals surface area contributed by atoms with Crippen LogP contribution in [0.3, 0.4) is 0 Å². The summed E-state index contributed by atoms with van der Waals surface area (Å²) in [6.45, 7) is 6.05. The average molecular weight is 253 g/mol. The first-order valence-corrected chi connectivity index (χ1v) is 5.54. The zero-order valence-electron chi connectivity index (χ0n) is 11.4. The summed E-state index contributed by atoms with van der Waals surface area (Å²) in [4.78, 5) is 10.9. The molecular weight excluding hydrogens is 234 g/mol. The van der Waals surface area contributed by atoms with Crippen LogP contribution in [0.2, 0.25) is 0 Å². The molecule has 0 bridgehead atoms. The molecular formula is C13H19NO4. The molecule has 1 rings (SSSR count). The van der Waals surface area contributed by atoms with Gasteiger partial charge in [0.15, 0.2) is 11.5 Å². The van der Waals surface area contributed by atoms with E-state index in [-0.39, 0.29) is 11.2 Å². The number of hydrogen-bond acceptors (Lipinski definition) is 4. The van der Waals surface area contributed by atoms with Gasteiger partial charge in [-0.2, -0.15) is 0 Å². The number of rotatable bonds is 3. The molecule has 0 aliphatic heterocycles. The molecule has 0 aliphatic rings. The summed E-state index contributed by atoms with van der Waals surface area (Å²) >= 11 is 0. The van der Waals surface area contributed by atoms with E-state index in [0.29, 0.717) is 11.5 Å². The lowest BCUT2D eigenvalue weighted by Crippen LogP contribution is -2.19. The Balaban J connectivity index is 3.47. The highest BCUT2D eigenvalue weighted by Gasteiger charge is 2.27. The molecule has 1 aromatic rings. The minimum atomic E-state index is -0.877. The van der Waals surface area contributed by atoms with Gasteiger partial charge in [0.1, 0.15) is 5.75 Å². The molecule has 0 heterocycles. The van der Waals surface area contributed by atoms with E-state index in [9.17, 15) is 4.79 Å². The molecule has 100 valence electrons. The van der Waals surface area contributed by atoms with Crippen molar-refractivity contribution in [3.05, 3.63) is 17.7 Å². The van der Waals surface area contributed by atoms with Gasteiger partial charge in [0.05, 0.1) is 14.2 Å². The zero-order valence-corrected chi connectivity index (χ0v) is 11.4. The first-order valence-electron chi connectivity index (χ1n) is 5.54. The average Bonchev–Trinajstić information content (AvgIpc) is 2.26. The third-order valence-corrected chi connectivity index (χ3v) is 2.47. The maximum Gasteiger partial charge on any atom is 0.410 e. The predicted molar refractivity (Wildman–Crippen MR) is 68.5 cm³/mol. The second kappa shape index (κ2) is 5.16. The van der Waals surface area contributed by atoms with Crippen molar-refractivity contribution < 1.29 is 19.0 Å². The van der Waals surface area contributed by atoms with E-state index >= 15 is 0 Å². The third kappa shape index (κ3) is 2.85. The predicted octanol–water partition coefficient (Wildman–Crippen LogP) is 2.46. The molecule has 0 unspecified atom stereocenters. The van der Waals surface area contributed by atoms with Crippen molar-refractivity contribution in [2.24, 2.45) is 5.73 Å². The van der Waals surface area contributed by atoms with Crippen LogP contribution in [0, 0.1) is 0 Å². The maximum atomic E-state index is 10.9. The normalized spacial score (nSPS) is 10.9. The molecule has 2 N–H and O–H groups in total. The lowest BCUT2D eigenvalue weighted by molar-refractivity contribution is 0.208. The molecule has 0 fully saturated rings. The number of carbonyl (C=O) groups is 1. The summed E-state index contributed by atoms with van der Waals surface area (Å²) in [5.74, 6) is 1.42. The number of hydrogen-bond donors (Lipinski definition) is 1. The van der Waals surface area contributed by atoms with Crippen LogP contribution in [0.4, 0.5) is 4.79 Å². The Morgan fingerprint density at radius 1 is 1.11 bits per heavy atom. The Kier molecular flexibility index (Phi) is 4.06. The fraction of sp³-hybridized carbons (Fsp3) is 0.462. The smallest absolute Gasteiger partial charge is 0.410 e. The Hall–Kier alpha value is -1.91. The SMILES string of the molecule is COc1ccc(OC(N)=O)c(OC)c1C(C)(C)C. The van der Waals surface area contributed by atoms with E-state index in [4.69, 9.17) is 19.9 Å². The molecule has 0 atom stereocenters. The quantitative estimate of drug-likeness (QED) is 0.898. The van der Waals surface area contributed by atoms with Gasteiger partial charge in [-0.1, -0.05) is 20.8 Å². The van der Waals surface area contributed by atoms with Crippen LogP contribution in [0.5, 0.6) is 17.2 Å². The van der Waals surface area contributed by atoms with E-state index in [1.165, 1.54) is 7.11 Å². The van der Waals surface area contributed by atoms with E-state index in [0.717, 1.165) is 5.56 Å². The lowest BCUT2D eigenvalue weighted by Gasteiger charge is -2.25. The first-order chi connectivity index (χ1) is 8.31. The summed E-state index contributed by atoms with van der Waals surface area (Å²) in [5.41, 5.74) is 5.63. The van der Waals surface area contributed by atoms with Gasteiger partial charge in [0.2, 0.25) is 0 Å². The van der Waals surface area contributed by atoms with Gasteiger partial charge in [-0.25, -0.2) is 4.79 Å². The van der Waals surface area contributed by atoms with E-state index in [2.05, 4.69) is 0 Å². The van der Waals surface area contributed by atoms with Gasteiger partial charge < -0.3 is 19.9 Å². The lowest BCUT2D eigenvalue weighted by atomic mass is 9.85. The molecule has 0 saturated carbocycles.